The number of hydrogen-bond acceptors (Lipinski definition) is 4. The van der Waals surface area contributed by atoms with Gasteiger partial charge in [-0.3, -0.25) is 5.10 Å². The number of hydrogen-bond donors (Lipinski definition) is 2. The predicted octanol–water partition coefficient (Wildman–Crippen LogP) is 1.26. The van der Waals surface area contributed by atoms with Gasteiger partial charge in [-0.2, -0.15) is 5.10 Å². The topological polar surface area (TPSA) is 73.2 Å². The molecule has 0 aliphatic carbocycles. The van der Waals surface area contributed by atoms with Crippen molar-refractivity contribution in [2.45, 2.75) is 6.54 Å². The van der Waals surface area contributed by atoms with Crippen LogP contribution in [0.2, 0.25) is 0 Å². The number of H-pyrrole nitrogens is 1. The summed E-state index contributed by atoms with van der Waals surface area (Å²) in [5.41, 5.74) is 8.55. The summed E-state index contributed by atoms with van der Waals surface area (Å²) in [7, 11) is 0. The summed E-state index contributed by atoms with van der Waals surface area (Å²) in [5, 5.41) is 6.92. The van der Waals surface area contributed by atoms with Gasteiger partial charge in [0.2, 0.25) is 6.79 Å². The lowest BCUT2D eigenvalue weighted by molar-refractivity contribution is 0.174. The third-order valence-corrected chi connectivity index (χ3v) is 2.60. The number of fused-ring (bicyclic) bond motifs is 1. The van der Waals surface area contributed by atoms with Crippen LogP contribution in [0.5, 0.6) is 11.5 Å². The molecule has 0 bridgehead atoms. The van der Waals surface area contributed by atoms with Crippen LogP contribution in [0.15, 0.2) is 24.4 Å². The van der Waals surface area contributed by atoms with Gasteiger partial charge in [0.15, 0.2) is 11.5 Å². The number of nitrogens with one attached hydrogen (secondary N) is 1. The summed E-state index contributed by atoms with van der Waals surface area (Å²) in [6.07, 6.45) is 1.74. The van der Waals surface area contributed by atoms with Crippen LogP contribution in [-0.4, -0.2) is 17.0 Å². The fourth-order valence-corrected chi connectivity index (χ4v) is 1.77. The fourth-order valence-electron chi connectivity index (χ4n) is 1.77. The SMILES string of the molecule is NCc1cn[nH]c1-c1ccc2c(c1)OCO2. The van der Waals surface area contributed by atoms with Crippen LogP contribution in [0, 0.1) is 0 Å². The normalized spacial score (nSPS) is 13.1. The van der Waals surface area contributed by atoms with Crippen LogP contribution in [0.4, 0.5) is 0 Å². The molecule has 2 aromatic rings. The average Bonchev–Trinajstić information content (AvgIpc) is 2.96. The van der Waals surface area contributed by atoms with Crippen molar-refractivity contribution >= 4 is 0 Å². The van der Waals surface area contributed by atoms with Crippen LogP contribution in [0.3, 0.4) is 0 Å². The van der Waals surface area contributed by atoms with Crippen molar-refractivity contribution in [1.82, 2.24) is 10.2 Å². The van der Waals surface area contributed by atoms with Gasteiger partial charge in [-0.25, -0.2) is 0 Å². The molecule has 16 heavy (non-hydrogen) atoms. The Morgan fingerprint density at radius 2 is 2.19 bits per heavy atom. The molecule has 3 rings (SSSR count). The minimum absolute atomic E-state index is 0.283. The highest BCUT2D eigenvalue weighted by Gasteiger charge is 2.15. The quantitative estimate of drug-likeness (QED) is 0.794. The number of aromatic nitrogens is 2. The summed E-state index contributed by atoms with van der Waals surface area (Å²) in [5.74, 6) is 1.53. The molecule has 0 saturated heterocycles. The first-order valence-corrected chi connectivity index (χ1v) is 5.01. The molecule has 1 aliphatic rings. The molecule has 1 aliphatic heterocycles. The van der Waals surface area contributed by atoms with E-state index in [9.17, 15) is 0 Å². The van der Waals surface area contributed by atoms with Gasteiger partial charge in [-0.1, -0.05) is 0 Å². The summed E-state index contributed by atoms with van der Waals surface area (Å²) in [6, 6.07) is 5.77. The van der Waals surface area contributed by atoms with Gasteiger partial charge in [-0.05, 0) is 18.2 Å². The zero-order chi connectivity index (χ0) is 11.0. The lowest BCUT2D eigenvalue weighted by Gasteiger charge is -2.02. The van der Waals surface area contributed by atoms with Gasteiger partial charge < -0.3 is 15.2 Å². The molecule has 0 spiro atoms. The Labute approximate surface area is 92.2 Å². The zero-order valence-electron chi connectivity index (χ0n) is 8.56. The molecule has 0 radical (unpaired) electrons. The van der Waals surface area contributed by atoms with Crippen molar-refractivity contribution in [2.75, 3.05) is 6.79 Å². The highest BCUT2D eigenvalue weighted by molar-refractivity contribution is 5.66. The molecule has 0 saturated carbocycles. The number of benzene rings is 1. The highest BCUT2D eigenvalue weighted by atomic mass is 16.7. The van der Waals surface area contributed by atoms with Crippen molar-refractivity contribution in [1.29, 1.82) is 0 Å². The van der Waals surface area contributed by atoms with Crippen LogP contribution >= 0.6 is 0 Å². The van der Waals surface area contributed by atoms with E-state index < -0.39 is 0 Å². The monoisotopic (exact) mass is 217 g/mol. The summed E-state index contributed by atoms with van der Waals surface area (Å²) in [4.78, 5) is 0. The van der Waals surface area contributed by atoms with Crippen LogP contribution < -0.4 is 15.2 Å². The first-order valence-electron chi connectivity index (χ1n) is 5.01. The van der Waals surface area contributed by atoms with E-state index in [1.54, 1.807) is 6.20 Å². The fraction of sp³-hybridized carbons (Fsp3) is 0.182. The van der Waals surface area contributed by atoms with Gasteiger partial charge in [0.25, 0.3) is 0 Å². The summed E-state index contributed by atoms with van der Waals surface area (Å²) in [6.45, 7) is 0.742. The highest BCUT2D eigenvalue weighted by Crippen LogP contribution is 2.35. The van der Waals surface area contributed by atoms with E-state index in [1.165, 1.54) is 0 Å². The molecule has 82 valence electrons. The standard InChI is InChI=1S/C11H11N3O2/c12-4-8-5-13-14-11(8)7-1-2-9-10(3-7)16-6-15-9/h1-3,5H,4,6,12H2,(H,13,14). The Kier molecular flexibility index (Phi) is 2.04. The molecule has 0 fully saturated rings. The van der Waals surface area contributed by atoms with Gasteiger partial charge in [0.1, 0.15) is 0 Å². The predicted molar refractivity (Wildman–Crippen MR) is 58.0 cm³/mol. The minimum Gasteiger partial charge on any atom is -0.454 e. The molecule has 2 heterocycles. The Morgan fingerprint density at radius 1 is 1.31 bits per heavy atom. The van der Waals surface area contributed by atoms with Crippen LogP contribution in [0.25, 0.3) is 11.3 Å². The first-order chi connectivity index (χ1) is 7.88. The Morgan fingerprint density at radius 3 is 3.06 bits per heavy atom. The maximum Gasteiger partial charge on any atom is 0.231 e. The largest absolute Gasteiger partial charge is 0.454 e. The third kappa shape index (κ3) is 1.33. The van der Waals surface area contributed by atoms with Gasteiger partial charge in [-0.15, -0.1) is 0 Å². The van der Waals surface area contributed by atoms with E-state index >= 15 is 0 Å². The maximum atomic E-state index is 5.63. The van der Waals surface area contributed by atoms with Gasteiger partial charge in [0, 0.05) is 17.7 Å². The molecule has 0 unspecified atom stereocenters. The van der Waals surface area contributed by atoms with E-state index in [1.807, 2.05) is 18.2 Å². The summed E-state index contributed by atoms with van der Waals surface area (Å²) >= 11 is 0. The second kappa shape index (κ2) is 3.53. The van der Waals surface area contributed by atoms with Crippen molar-refractivity contribution in [3.05, 3.63) is 30.0 Å². The number of nitrogens with zero attached hydrogens (tertiary/aromatic N) is 1. The van der Waals surface area contributed by atoms with Crippen molar-refractivity contribution in [3.8, 4) is 22.8 Å². The number of aromatic amines is 1. The van der Waals surface area contributed by atoms with E-state index in [4.69, 9.17) is 15.2 Å². The van der Waals surface area contributed by atoms with Gasteiger partial charge >= 0.3 is 0 Å². The molecular formula is C11H11N3O2. The molecule has 0 atom stereocenters. The number of ether oxygens (including phenoxy) is 2. The van der Waals surface area contributed by atoms with Crippen LogP contribution in [0.1, 0.15) is 5.56 Å². The molecule has 0 amide bonds. The molecule has 5 nitrogen and oxygen atoms in total. The third-order valence-electron chi connectivity index (χ3n) is 2.60. The lowest BCUT2D eigenvalue weighted by atomic mass is 10.1. The van der Waals surface area contributed by atoms with E-state index in [-0.39, 0.29) is 6.79 Å². The number of rotatable bonds is 2. The molecule has 1 aromatic carbocycles. The van der Waals surface area contributed by atoms with Crippen molar-refractivity contribution < 1.29 is 9.47 Å². The molecule has 5 heteroatoms. The summed E-state index contributed by atoms with van der Waals surface area (Å²) < 4.78 is 10.6. The molecule has 3 N–H and O–H groups in total. The first kappa shape index (κ1) is 9.23. The van der Waals surface area contributed by atoms with Crippen molar-refractivity contribution in [3.63, 3.8) is 0 Å². The smallest absolute Gasteiger partial charge is 0.231 e. The number of nitrogens with two attached hydrogens (primary N) is 1. The average molecular weight is 217 g/mol. The molecule has 1 aromatic heterocycles. The van der Waals surface area contributed by atoms with E-state index in [2.05, 4.69) is 10.2 Å². The van der Waals surface area contributed by atoms with E-state index in [0.29, 0.717) is 6.54 Å². The molecular weight excluding hydrogens is 206 g/mol. The maximum absolute atomic E-state index is 5.63. The Balaban J connectivity index is 2.07. The Hall–Kier alpha value is -2.01. The van der Waals surface area contributed by atoms with Gasteiger partial charge in [0.05, 0.1) is 11.9 Å². The van der Waals surface area contributed by atoms with Crippen LogP contribution in [-0.2, 0) is 6.54 Å². The lowest BCUT2D eigenvalue weighted by Crippen LogP contribution is -1.96. The second-order valence-corrected chi connectivity index (χ2v) is 3.54. The van der Waals surface area contributed by atoms with E-state index in [0.717, 1.165) is 28.3 Å². The Bertz CT molecular complexity index is 522. The minimum atomic E-state index is 0.283. The zero-order valence-corrected chi connectivity index (χ0v) is 8.56. The van der Waals surface area contributed by atoms with Crippen molar-refractivity contribution in [2.24, 2.45) is 5.73 Å². The second-order valence-electron chi connectivity index (χ2n) is 3.54.